The first kappa shape index (κ1) is 18.8. The Morgan fingerprint density at radius 3 is 1.76 bits per heavy atom. The lowest BCUT2D eigenvalue weighted by Gasteiger charge is -2.53. The summed E-state index contributed by atoms with van der Waals surface area (Å²) in [6, 6.07) is 0. The van der Waals surface area contributed by atoms with Crippen molar-refractivity contribution in [3.05, 3.63) is 0 Å². The Labute approximate surface area is 140 Å². The molecule has 0 amide bonds. The van der Waals surface area contributed by atoms with Gasteiger partial charge in [-0.3, -0.25) is 4.79 Å². The van der Waals surface area contributed by atoms with Crippen molar-refractivity contribution >= 4 is 16.1 Å². The van der Waals surface area contributed by atoms with Gasteiger partial charge in [0.2, 0.25) is 0 Å². The molecule has 0 spiro atoms. The number of ether oxygens (including phenoxy) is 1. The average Bonchev–Trinajstić information content (AvgIpc) is 2.40. The minimum absolute atomic E-state index is 0.241. The first-order valence-corrected chi connectivity index (χ1v) is 9.32. The quantitative estimate of drug-likeness (QED) is 0.418. The van der Waals surface area contributed by atoms with Crippen LogP contribution in [0.3, 0.4) is 0 Å². The van der Waals surface area contributed by atoms with Crippen LogP contribution in [0.4, 0.5) is 22.0 Å². The molecule has 0 saturated heterocycles. The van der Waals surface area contributed by atoms with E-state index in [-0.39, 0.29) is 11.8 Å². The first-order valence-electron chi connectivity index (χ1n) is 7.91. The summed E-state index contributed by atoms with van der Waals surface area (Å²) in [5.41, 5.74) is 0. The SMILES string of the molecule is O=C(OC(C(F)(F)F)C(F)(F)S(=O)(=O)[O-])C1C2CC3CC(C2)CC1C3. The van der Waals surface area contributed by atoms with Crippen LogP contribution in [0.2, 0.25) is 0 Å². The summed E-state index contributed by atoms with van der Waals surface area (Å²) in [6.45, 7) is 0. The molecule has 1 unspecified atom stereocenters. The topological polar surface area (TPSA) is 83.5 Å². The molecule has 0 aromatic carbocycles. The van der Waals surface area contributed by atoms with Crippen LogP contribution in [-0.4, -0.2) is 36.5 Å². The Morgan fingerprint density at radius 2 is 1.40 bits per heavy atom. The molecule has 0 N–H and O–H groups in total. The predicted molar refractivity (Wildman–Crippen MR) is 71.1 cm³/mol. The molecular formula is C14H16F5O5S-. The van der Waals surface area contributed by atoms with Gasteiger partial charge in [-0.05, 0) is 55.8 Å². The summed E-state index contributed by atoms with van der Waals surface area (Å²) in [5.74, 6) is -2.16. The Bertz CT molecular complexity index is 631. The van der Waals surface area contributed by atoms with E-state index in [9.17, 15) is 39.7 Å². The number of alkyl halides is 5. The number of esters is 1. The lowest BCUT2D eigenvalue weighted by Crippen LogP contribution is -2.55. The Hall–Kier alpha value is -0.970. The monoisotopic (exact) mass is 391 g/mol. The van der Waals surface area contributed by atoms with Crippen LogP contribution >= 0.6 is 0 Å². The number of carbonyl (C=O) groups excluding carboxylic acids is 1. The maximum Gasteiger partial charge on any atom is 0.432 e. The van der Waals surface area contributed by atoms with Gasteiger partial charge in [0.15, 0.2) is 10.1 Å². The minimum Gasteiger partial charge on any atom is -0.743 e. The van der Waals surface area contributed by atoms with Crippen LogP contribution < -0.4 is 0 Å². The van der Waals surface area contributed by atoms with Crippen LogP contribution in [0.15, 0.2) is 0 Å². The van der Waals surface area contributed by atoms with Gasteiger partial charge in [0.25, 0.3) is 6.10 Å². The molecule has 144 valence electrons. The van der Waals surface area contributed by atoms with Gasteiger partial charge in [0, 0.05) is 0 Å². The molecule has 0 aromatic heterocycles. The molecule has 4 fully saturated rings. The van der Waals surface area contributed by atoms with Crippen molar-refractivity contribution in [3.8, 4) is 0 Å². The third-order valence-electron chi connectivity index (χ3n) is 5.67. The molecule has 11 heteroatoms. The molecule has 4 rings (SSSR count). The highest BCUT2D eigenvalue weighted by atomic mass is 32.2. The van der Waals surface area contributed by atoms with Gasteiger partial charge in [0.1, 0.15) is 0 Å². The molecule has 0 heterocycles. The second kappa shape index (κ2) is 5.77. The lowest BCUT2D eigenvalue weighted by atomic mass is 9.52. The van der Waals surface area contributed by atoms with Crippen LogP contribution in [-0.2, 0) is 19.6 Å². The fourth-order valence-corrected chi connectivity index (χ4v) is 5.41. The van der Waals surface area contributed by atoms with E-state index in [4.69, 9.17) is 0 Å². The smallest absolute Gasteiger partial charge is 0.432 e. The van der Waals surface area contributed by atoms with E-state index >= 15 is 0 Å². The molecule has 4 saturated carbocycles. The second-order valence-corrected chi connectivity index (χ2v) is 8.78. The van der Waals surface area contributed by atoms with Gasteiger partial charge in [-0.15, -0.1) is 0 Å². The van der Waals surface area contributed by atoms with Gasteiger partial charge in [-0.25, -0.2) is 8.42 Å². The molecule has 4 aliphatic carbocycles. The van der Waals surface area contributed by atoms with E-state index < -0.39 is 39.5 Å². The van der Waals surface area contributed by atoms with E-state index in [1.165, 1.54) is 0 Å². The number of hydrogen-bond donors (Lipinski definition) is 0. The highest BCUT2D eigenvalue weighted by molar-refractivity contribution is 7.86. The zero-order valence-corrected chi connectivity index (χ0v) is 13.7. The standard InChI is InChI=1S/C14H17F5O5S/c15-13(16,17)12(14(18,19)25(21,22)23)24-11(20)10-8-2-6-1-7(4-8)5-9(10)3-6/h6-10,12H,1-5H2,(H,21,22,23)/p-1. The second-order valence-electron chi connectivity index (χ2n) is 7.33. The maximum absolute atomic E-state index is 13.5. The number of rotatable bonds is 4. The van der Waals surface area contributed by atoms with Crippen molar-refractivity contribution in [1.82, 2.24) is 0 Å². The van der Waals surface area contributed by atoms with Crippen molar-refractivity contribution in [1.29, 1.82) is 0 Å². The van der Waals surface area contributed by atoms with E-state index in [2.05, 4.69) is 4.74 Å². The van der Waals surface area contributed by atoms with E-state index in [1.54, 1.807) is 0 Å². The summed E-state index contributed by atoms with van der Waals surface area (Å²) in [7, 11) is -6.66. The number of hydrogen-bond acceptors (Lipinski definition) is 5. The Kier molecular flexibility index (Phi) is 4.34. The molecule has 0 aliphatic heterocycles. The van der Waals surface area contributed by atoms with Crippen molar-refractivity contribution in [2.24, 2.45) is 29.6 Å². The fraction of sp³-hybridized carbons (Fsp3) is 0.929. The molecule has 0 radical (unpaired) electrons. The normalized spacial score (nSPS) is 36.3. The third kappa shape index (κ3) is 3.24. The van der Waals surface area contributed by atoms with Crippen LogP contribution in [0.1, 0.15) is 32.1 Å². The maximum atomic E-state index is 13.5. The highest BCUT2D eigenvalue weighted by Gasteiger charge is 2.64. The molecular weight excluding hydrogens is 375 g/mol. The van der Waals surface area contributed by atoms with Crippen LogP contribution in [0, 0.1) is 29.6 Å². The minimum atomic E-state index is -6.66. The van der Waals surface area contributed by atoms with E-state index in [0.29, 0.717) is 37.5 Å². The molecule has 4 bridgehead atoms. The van der Waals surface area contributed by atoms with Gasteiger partial charge in [-0.1, -0.05) is 0 Å². The van der Waals surface area contributed by atoms with Crippen molar-refractivity contribution < 1.29 is 44.5 Å². The summed E-state index contributed by atoms with van der Waals surface area (Å²) < 4.78 is 101. The summed E-state index contributed by atoms with van der Waals surface area (Å²) >= 11 is 0. The zero-order valence-electron chi connectivity index (χ0n) is 12.8. The fourth-order valence-electron chi connectivity index (χ4n) is 4.96. The molecule has 0 aromatic rings. The largest absolute Gasteiger partial charge is 0.743 e. The van der Waals surface area contributed by atoms with Crippen LogP contribution in [0.5, 0.6) is 0 Å². The van der Waals surface area contributed by atoms with Crippen molar-refractivity contribution in [2.75, 3.05) is 0 Å². The predicted octanol–water partition coefficient (Wildman–Crippen LogP) is 2.67. The molecule has 5 nitrogen and oxygen atoms in total. The lowest BCUT2D eigenvalue weighted by molar-refractivity contribution is -0.263. The summed E-state index contributed by atoms with van der Waals surface area (Å²) in [5, 5.41) is -5.78. The third-order valence-corrected chi connectivity index (χ3v) is 6.55. The van der Waals surface area contributed by atoms with Crippen molar-refractivity contribution in [3.63, 3.8) is 0 Å². The van der Waals surface area contributed by atoms with Gasteiger partial charge in [-0.2, -0.15) is 22.0 Å². The van der Waals surface area contributed by atoms with E-state index in [1.807, 2.05) is 0 Å². The Balaban J connectivity index is 1.82. The highest BCUT2D eigenvalue weighted by Crippen LogP contribution is 2.57. The molecule has 1 atom stereocenters. The number of carbonyl (C=O) groups is 1. The molecule has 25 heavy (non-hydrogen) atoms. The molecule has 4 aliphatic rings. The Morgan fingerprint density at radius 1 is 0.960 bits per heavy atom. The zero-order chi connectivity index (χ0) is 18.8. The van der Waals surface area contributed by atoms with Gasteiger partial charge >= 0.3 is 17.4 Å². The van der Waals surface area contributed by atoms with Crippen molar-refractivity contribution in [2.45, 2.75) is 49.6 Å². The first-order chi connectivity index (χ1) is 11.3. The van der Waals surface area contributed by atoms with Gasteiger partial charge in [0.05, 0.1) is 5.92 Å². The summed E-state index contributed by atoms with van der Waals surface area (Å²) in [4.78, 5) is 12.2. The van der Waals surface area contributed by atoms with Crippen LogP contribution in [0.25, 0.3) is 0 Å². The van der Waals surface area contributed by atoms with E-state index in [0.717, 1.165) is 6.42 Å². The summed E-state index contributed by atoms with van der Waals surface area (Å²) in [6.07, 6.45) is -6.68. The number of halogens is 5. The van der Waals surface area contributed by atoms with Gasteiger partial charge < -0.3 is 9.29 Å². The average molecular weight is 391 g/mol.